The van der Waals surface area contributed by atoms with E-state index < -0.39 is 12.1 Å². The van der Waals surface area contributed by atoms with Gasteiger partial charge in [0.2, 0.25) is 0 Å². The van der Waals surface area contributed by atoms with Crippen molar-refractivity contribution in [2.75, 3.05) is 11.4 Å². The number of unbranched alkanes of at least 4 members (excludes halogenated alkanes) is 1. The van der Waals surface area contributed by atoms with Crippen molar-refractivity contribution >= 4 is 28.6 Å². The molecule has 1 amide bonds. The van der Waals surface area contributed by atoms with Crippen LogP contribution in [0.2, 0.25) is 0 Å². The van der Waals surface area contributed by atoms with Crippen LogP contribution in [0.5, 0.6) is 0 Å². The van der Waals surface area contributed by atoms with E-state index >= 15 is 0 Å². The molecule has 3 aromatic rings. The molecule has 0 fully saturated rings. The zero-order chi connectivity index (χ0) is 23.4. The fourth-order valence-electron chi connectivity index (χ4n) is 4.26. The highest BCUT2D eigenvalue weighted by Gasteiger charge is 2.29. The van der Waals surface area contributed by atoms with Crippen LogP contribution < -0.4 is 10.5 Å². The molecule has 2 aromatic carbocycles. The van der Waals surface area contributed by atoms with Crippen LogP contribution in [0, 0.1) is 0 Å². The number of nitrogens with zero attached hydrogens (tertiary/aromatic N) is 3. The molecule has 0 unspecified atom stereocenters. The Labute approximate surface area is 193 Å². The fraction of sp³-hybridized carbons (Fsp3) is 0.385. The predicted molar refractivity (Wildman–Crippen MR) is 127 cm³/mol. The molecule has 1 atom stereocenters. The third-order valence-electron chi connectivity index (χ3n) is 6.03. The Morgan fingerprint density at radius 3 is 2.70 bits per heavy atom. The van der Waals surface area contributed by atoms with E-state index in [4.69, 9.17) is 4.74 Å². The van der Waals surface area contributed by atoms with Crippen LogP contribution in [0.1, 0.15) is 44.4 Å². The molecular weight excluding hydrogens is 418 g/mol. The molecule has 0 saturated carbocycles. The van der Waals surface area contributed by atoms with Gasteiger partial charge in [-0.3, -0.25) is 14.4 Å². The summed E-state index contributed by atoms with van der Waals surface area (Å²) < 4.78 is 7.16. The number of carbonyl (C=O) groups excluding carboxylic acids is 2. The highest BCUT2D eigenvalue weighted by molar-refractivity contribution is 5.99. The van der Waals surface area contributed by atoms with Crippen molar-refractivity contribution < 1.29 is 14.3 Å². The van der Waals surface area contributed by atoms with E-state index in [1.807, 2.05) is 48.5 Å². The van der Waals surface area contributed by atoms with Gasteiger partial charge in [0, 0.05) is 25.2 Å². The second-order valence-electron chi connectivity index (χ2n) is 8.36. The normalized spacial score (nSPS) is 13.7. The molecule has 4 rings (SSSR count). The number of hydrogen-bond acceptors (Lipinski definition) is 5. The summed E-state index contributed by atoms with van der Waals surface area (Å²) in [7, 11) is 0. The molecule has 0 N–H and O–H groups in total. The van der Waals surface area contributed by atoms with Crippen LogP contribution >= 0.6 is 0 Å². The van der Waals surface area contributed by atoms with Gasteiger partial charge >= 0.3 is 5.97 Å². The SMILES string of the molecule is CCCCn1c(=O)c(CCC(=O)O[C@@H](C)C(=O)N2CCc3ccccc32)nc2ccccc21. The van der Waals surface area contributed by atoms with Gasteiger partial charge < -0.3 is 14.2 Å². The third-order valence-corrected chi connectivity index (χ3v) is 6.03. The summed E-state index contributed by atoms with van der Waals surface area (Å²) >= 11 is 0. The molecule has 1 aliphatic rings. The predicted octanol–water partition coefficient (Wildman–Crippen LogP) is 3.65. The lowest BCUT2D eigenvalue weighted by Gasteiger charge is -2.21. The number of esters is 1. The average Bonchev–Trinajstić information content (AvgIpc) is 3.26. The van der Waals surface area contributed by atoms with Crippen LogP contribution in [-0.4, -0.2) is 34.1 Å². The van der Waals surface area contributed by atoms with Gasteiger partial charge in [0.25, 0.3) is 11.5 Å². The van der Waals surface area contributed by atoms with Crippen molar-refractivity contribution in [2.24, 2.45) is 0 Å². The minimum atomic E-state index is -0.894. The van der Waals surface area contributed by atoms with Crippen LogP contribution in [-0.2, 0) is 33.7 Å². The van der Waals surface area contributed by atoms with Gasteiger partial charge in [-0.05, 0) is 43.5 Å². The molecule has 0 aliphatic carbocycles. The molecule has 1 aliphatic heterocycles. The van der Waals surface area contributed by atoms with Crippen molar-refractivity contribution in [2.45, 2.75) is 58.6 Å². The lowest BCUT2D eigenvalue weighted by molar-refractivity contribution is -0.153. The summed E-state index contributed by atoms with van der Waals surface area (Å²) in [5, 5.41) is 0. The van der Waals surface area contributed by atoms with Crippen molar-refractivity contribution in [3.05, 3.63) is 70.1 Å². The molecule has 7 nitrogen and oxygen atoms in total. The topological polar surface area (TPSA) is 81.5 Å². The van der Waals surface area contributed by atoms with E-state index in [2.05, 4.69) is 11.9 Å². The van der Waals surface area contributed by atoms with E-state index in [1.54, 1.807) is 16.4 Å². The maximum atomic E-state index is 13.0. The number of benzene rings is 2. The fourth-order valence-corrected chi connectivity index (χ4v) is 4.26. The Morgan fingerprint density at radius 1 is 1.12 bits per heavy atom. The lowest BCUT2D eigenvalue weighted by Crippen LogP contribution is -2.39. The molecule has 33 heavy (non-hydrogen) atoms. The number of anilines is 1. The number of ether oxygens (including phenoxy) is 1. The van der Waals surface area contributed by atoms with E-state index in [-0.39, 0.29) is 24.3 Å². The van der Waals surface area contributed by atoms with E-state index in [1.165, 1.54) is 0 Å². The highest BCUT2D eigenvalue weighted by atomic mass is 16.5. The molecule has 2 heterocycles. The third kappa shape index (κ3) is 4.82. The number of hydrogen-bond donors (Lipinski definition) is 0. The van der Waals surface area contributed by atoms with Gasteiger partial charge in [-0.25, -0.2) is 4.98 Å². The molecule has 0 spiro atoms. The second-order valence-corrected chi connectivity index (χ2v) is 8.36. The summed E-state index contributed by atoms with van der Waals surface area (Å²) in [6.07, 6.45) is 1.91. The van der Waals surface area contributed by atoms with E-state index in [0.717, 1.165) is 41.5 Å². The second kappa shape index (κ2) is 9.98. The van der Waals surface area contributed by atoms with Crippen molar-refractivity contribution in [3.63, 3.8) is 0 Å². The van der Waals surface area contributed by atoms with Gasteiger partial charge in [-0.15, -0.1) is 0 Å². The number of carbonyl (C=O) groups is 2. The standard InChI is InChI=1S/C26H29N3O4/c1-3-4-16-28-23-12-8-6-10-20(23)27-21(26(28)32)13-14-24(30)33-18(2)25(31)29-17-15-19-9-5-7-11-22(19)29/h5-12,18H,3-4,13-17H2,1-2H3/t18-/m0/s1. The summed E-state index contributed by atoms with van der Waals surface area (Å²) in [5.74, 6) is -0.753. The summed E-state index contributed by atoms with van der Waals surface area (Å²) in [5.41, 5.74) is 3.69. The average molecular weight is 448 g/mol. The number of rotatable bonds is 8. The van der Waals surface area contributed by atoms with Crippen LogP contribution in [0.3, 0.4) is 0 Å². The minimum absolute atomic E-state index is 0.0113. The summed E-state index contributed by atoms with van der Waals surface area (Å²) in [4.78, 5) is 44.5. The van der Waals surface area contributed by atoms with Gasteiger partial charge in [0.05, 0.1) is 17.5 Å². The van der Waals surface area contributed by atoms with Crippen molar-refractivity contribution in [1.82, 2.24) is 9.55 Å². The maximum absolute atomic E-state index is 13.0. The zero-order valence-electron chi connectivity index (χ0n) is 19.1. The number of para-hydroxylation sites is 3. The Balaban J connectivity index is 1.42. The number of aromatic nitrogens is 2. The zero-order valence-corrected chi connectivity index (χ0v) is 19.1. The smallest absolute Gasteiger partial charge is 0.306 e. The van der Waals surface area contributed by atoms with Gasteiger partial charge in [0.15, 0.2) is 6.10 Å². The molecule has 0 saturated heterocycles. The first kappa shape index (κ1) is 22.7. The van der Waals surface area contributed by atoms with Crippen LogP contribution in [0.25, 0.3) is 11.0 Å². The summed E-state index contributed by atoms with van der Waals surface area (Å²) in [6.45, 7) is 4.86. The van der Waals surface area contributed by atoms with Crippen LogP contribution in [0.15, 0.2) is 53.3 Å². The van der Waals surface area contributed by atoms with Gasteiger partial charge in [-0.1, -0.05) is 43.7 Å². The van der Waals surface area contributed by atoms with Crippen LogP contribution in [0.4, 0.5) is 5.69 Å². The Hall–Kier alpha value is -3.48. The first-order valence-electron chi connectivity index (χ1n) is 11.6. The molecule has 0 bridgehead atoms. The van der Waals surface area contributed by atoms with Gasteiger partial charge in [-0.2, -0.15) is 0 Å². The first-order chi connectivity index (χ1) is 16.0. The lowest BCUT2D eigenvalue weighted by atomic mass is 10.2. The molecule has 0 radical (unpaired) electrons. The van der Waals surface area contributed by atoms with E-state index in [9.17, 15) is 14.4 Å². The minimum Gasteiger partial charge on any atom is -0.453 e. The molecular formula is C26H29N3O4. The Kier molecular flexibility index (Phi) is 6.87. The molecule has 172 valence electrons. The first-order valence-corrected chi connectivity index (χ1v) is 11.6. The van der Waals surface area contributed by atoms with E-state index in [0.29, 0.717) is 18.8 Å². The Morgan fingerprint density at radius 2 is 1.88 bits per heavy atom. The maximum Gasteiger partial charge on any atom is 0.306 e. The molecule has 7 heteroatoms. The number of fused-ring (bicyclic) bond motifs is 2. The largest absolute Gasteiger partial charge is 0.453 e. The summed E-state index contributed by atoms with van der Waals surface area (Å²) in [6, 6.07) is 15.3. The monoisotopic (exact) mass is 447 g/mol. The Bertz CT molecular complexity index is 1230. The van der Waals surface area contributed by atoms with Crippen molar-refractivity contribution in [3.8, 4) is 0 Å². The molecule has 1 aromatic heterocycles. The number of aryl methyl sites for hydroxylation is 2. The quantitative estimate of drug-likeness (QED) is 0.493. The number of amides is 1. The van der Waals surface area contributed by atoms with Crippen molar-refractivity contribution in [1.29, 1.82) is 0 Å². The van der Waals surface area contributed by atoms with Gasteiger partial charge in [0.1, 0.15) is 5.69 Å². The highest BCUT2D eigenvalue weighted by Crippen LogP contribution is 2.28.